The summed E-state index contributed by atoms with van der Waals surface area (Å²) in [5, 5.41) is 0. The molecule has 16 heavy (non-hydrogen) atoms. The van der Waals surface area contributed by atoms with E-state index in [-0.39, 0.29) is 19.1 Å². The van der Waals surface area contributed by atoms with Gasteiger partial charge in [0.1, 0.15) is 0 Å². The number of rotatable bonds is 4. The van der Waals surface area contributed by atoms with Crippen LogP contribution < -0.4 is 0 Å². The lowest BCUT2D eigenvalue weighted by atomic mass is 10.3. The molecule has 6 nitrogen and oxygen atoms in total. The number of carbonyl (C=O) groups excluding carboxylic acids is 2. The molecule has 0 N–H and O–H groups in total. The average Bonchev–Trinajstić information content (AvgIpc) is 2.26. The lowest BCUT2D eigenvalue weighted by Crippen LogP contribution is -2.53. The van der Waals surface area contributed by atoms with E-state index in [1.165, 1.54) is 0 Å². The molecule has 1 aliphatic heterocycles. The Bertz CT molecular complexity index is 257. The molecule has 0 spiro atoms. The fourth-order valence-corrected chi connectivity index (χ4v) is 1.53. The Morgan fingerprint density at radius 1 is 1.44 bits per heavy atom. The molecule has 0 radical (unpaired) electrons. The van der Waals surface area contributed by atoms with Gasteiger partial charge in [-0.1, -0.05) is 0 Å². The maximum Gasteiger partial charge on any atom is 0.416 e. The summed E-state index contributed by atoms with van der Waals surface area (Å²) >= 11 is 0. The van der Waals surface area contributed by atoms with E-state index in [1.807, 2.05) is 4.90 Å². The number of piperazine rings is 1. The third-order valence-corrected chi connectivity index (χ3v) is 2.40. The monoisotopic (exact) mass is 230 g/mol. The van der Waals surface area contributed by atoms with Crippen molar-refractivity contribution in [2.75, 3.05) is 46.5 Å². The molecule has 0 atom stereocenters. The van der Waals surface area contributed by atoms with Crippen molar-refractivity contribution in [1.82, 2.24) is 9.80 Å². The first-order valence-electron chi connectivity index (χ1n) is 5.37. The molecule has 1 heterocycles. The predicted molar refractivity (Wildman–Crippen MR) is 57.1 cm³/mol. The number of methoxy groups -OCH3 is 1. The van der Waals surface area contributed by atoms with Crippen LogP contribution in [-0.2, 0) is 14.3 Å². The van der Waals surface area contributed by atoms with Crippen molar-refractivity contribution in [3.63, 3.8) is 0 Å². The molecule has 1 aliphatic rings. The quantitative estimate of drug-likeness (QED) is 0.677. The maximum atomic E-state index is 11.6. The van der Waals surface area contributed by atoms with Crippen molar-refractivity contribution >= 4 is 12.0 Å². The number of carbonyl (C=O) groups is 2. The van der Waals surface area contributed by atoms with Crippen molar-refractivity contribution in [3.05, 3.63) is 0 Å². The largest absolute Gasteiger partial charge is 0.449 e. The predicted octanol–water partition coefficient (Wildman–Crippen LogP) is -0.0665. The van der Waals surface area contributed by atoms with Gasteiger partial charge in [-0.2, -0.15) is 0 Å². The van der Waals surface area contributed by atoms with E-state index in [0.29, 0.717) is 26.2 Å². The van der Waals surface area contributed by atoms with Crippen LogP contribution in [0.2, 0.25) is 0 Å². The van der Waals surface area contributed by atoms with Crippen molar-refractivity contribution in [2.45, 2.75) is 6.92 Å². The number of hydrogen-bond acceptors (Lipinski definition) is 5. The standard InChI is InChI=1S/C10H18N2O4/c1-3-16-10(14)12-5-4-11(6-7-15-2)8-9(12)13/h3-8H2,1-2H3. The SMILES string of the molecule is CCOC(=O)N1CCN(CCOC)CC1=O. The molecule has 1 fully saturated rings. The van der Waals surface area contributed by atoms with Crippen LogP contribution >= 0.6 is 0 Å². The van der Waals surface area contributed by atoms with Crippen molar-refractivity contribution in [1.29, 1.82) is 0 Å². The van der Waals surface area contributed by atoms with Crippen LogP contribution in [0, 0.1) is 0 Å². The first kappa shape index (κ1) is 12.9. The molecule has 0 unspecified atom stereocenters. The van der Waals surface area contributed by atoms with Crippen LogP contribution in [0.3, 0.4) is 0 Å². The van der Waals surface area contributed by atoms with E-state index in [2.05, 4.69) is 0 Å². The second kappa shape index (κ2) is 6.44. The third-order valence-electron chi connectivity index (χ3n) is 2.40. The highest BCUT2D eigenvalue weighted by Gasteiger charge is 2.29. The minimum Gasteiger partial charge on any atom is -0.449 e. The van der Waals surface area contributed by atoms with E-state index < -0.39 is 6.09 Å². The lowest BCUT2D eigenvalue weighted by Gasteiger charge is -2.32. The zero-order valence-corrected chi connectivity index (χ0v) is 9.77. The molecule has 92 valence electrons. The highest BCUT2D eigenvalue weighted by Crippen LogP contribution is 2.05. The highest BCUT2D eigenvalue weighted by atomic mass is 16.6. The Kier molecular flexibility index (Phi) is 5.21. The van der Waals surface area contributed by atoms with Crippen molar-refractivity contribution < 1.29 is 19.1 Å². The molecule has 2 amide bonds. The van der Waals surface area contributed by atoms with Crippen LogP contribution in [0.15, 0.2) is 0 Å². The topological polar surface area (TPSA) is 59.1 Å². The lowest BCUT2D eigenvalue weighted by molar-refractivity contribution is -0.134. The zero-order valence-electron chi connectivity index (χ0n) is 9.77. The molecule has 0 aromatic carbocycles. The zero-order chi connectivity index (χ0) is 12.0. The molecule has 0 bridgehead atoms. The van der Waals surface area contributed by atoms with Crippen molar-refractivity contribution in [3.8, 4) is 0 Å². The van der Waals surface area contributed by atoms with E-state index in [0.717, 1.165) is 4.90 Å². The summed E-state index contributed by atoms with van der Waals surface area (Å²) < 4.78 is 9.73. The van der Waals surface area contributed by atoms with Gasteiger partial charge in [0.2, 0.25) is 5.91 Å². The number of nitrogens with zero attached hydrogens (tertiary/aromatic N) is 2. The van der Waals surface area contributed by atoms with Crippen LogP contribution in [0.5, 0.6) is 0 Å². The van der Waals surface area contributed by atoms with Gasteiger partial charge in [0.05, 0.1) is 19.8 Å². The second-order valence-electron chi connectivity index (χ2n) is 3.51. The number of ether oxygens (including phenoxy) is 2. The van der Waals surface area contributed by atoms with Gasteiger partial charge >= 0.3 is 6.09 Å². The summed E-state index contributed by atoms with van der Waals surface area (Å²) in [6.07, 6.45) is -0.543. The summed E-state index contributed by atoms with van der Waals surface area (Å²) in [7, 11) is 1.62. The maximum absolute atomic E-state index is 11.6. The summed E-state index contributed by atoms with van der Waals surface area (Å²) in [6.45, 7) is 4.62. The smallest absolute Gasteiger partial charge is 0.416 e. The molecule has 0 aromatic heterocycles. The van der Waals surface area contributed by atoms with Gasteiger partial charge in [-0.15, -0.1) is 0 Å². The second-order valence-corrected chi connectivity index (χ2v) is 3.51. The Morgan fingerprint density at radius 3 is 2.75 bits per heavy atom. The molecule has 1 saturated heterocycles. The number of hydrogen-bond donors (Lipinski definition) is 0. The van der Waals surface area contributed by atoms with Crippen LogP contribution in [0.1, 0.15) is 6.92 Å². The summed E-state index contributed by atoms with van der Waals surface area (Å²) in [6, 6.07) is 0. The highest BCUT2D eigenvalue weighted by molar-refractivity contribution is 5.93. The Morgan fingerprint density at radius 2 is 2.19 bits per heavy atom. The molecular formula is C10H18N2O4. The Labute approximate surface area is 95.1 Å². The Hall–Kier alpha value is -1.14. The molecule has 1 rings (SSSR count). The minimum absolute atomic E-state index is 0.208. The van der Waals surface area contributed by atoms with E-state index in [4.69, 9.17) is 9.47 Å². The molecule has 0 aromatic rings. The van der Waals surface area contributed by atoms with Gasteiger partial charge in [-0.05, 0) is 6.92 Å². The first-order chi connectivity index (χ1) is 7.69. The summed E-state index contributed by atoms with van der Waals surface area (Å²) in [4.78, 5) is 26.1. The normalized spacial score (nSPS) is 17.6. The minimum atomic E-state index is -0.543. The van der Waals surface area contributed by atoms with Gasteiger partial charge in [-0.3, -0.25) is 9.69 Å². The van der Waals surface area contributed by atoms with E-state index in [1.54, 1.807) is 14.0 Å². The molecule has 0 saturated carbocycles. The molecule has 6 heteroatoms. The average molecular weight is 230 g/mol. The van der Waals surface area contributed by atoms with Crippen LogP contribution in [0.25, 0.3) is 0 Å². The summed E-state index contributed by atoms with van der Waals surface area (Å²) in [5.74, 6) is -0.208. The van der Waals surface area contributed by atoms with Crippen LogP contribution in [0.4, 0.5) is 4.79 Å². The number of imide groups is 1. The van der Waals surface area contributed by atoms with Gasteiger partial charge in [0, 0.05) is 26.7 Å². The molecule has 0 aliphatic carbocycles. The van der Waals surface area contributed by atoms with Crippen LogP contribution in [-0.4, -0.2) is 68.3 Å². The van der Waals surface area contributed by atoms with Gasteiger partial charge in [0.25, 0.3) is 0 Å². The number of amides is 2. The first-order valence-corrected chi connectivity index (χ1v) is 5.37. The van der Waals surface area contributed by atoms with E-state index in [9.17, 15) is 9.59 Å². The summed E-state index contributed by atoms with van der Waals surface area (Å²) in [5.41, 5.74) is 0. The van der Waals surface area contributed by atoms with Crippen molar-refractivity contribution in [2.24, 2.45) is 0 Å². The fraction of sp³-hybridized carbons (Fsp3) is 0.800. The third kappa shape index (κ3) is 3.46. The van der Waals surface area contributed by atoms with E-state index >= 15 is 0 Å². The van der Waals surface area contributed by atoms with Gasteiger partial charge in [0.15, 0.2) is 0 Å². The van der Waals surface area contributed by atoms with Gasteiger partial charge in [-0.25, -0.2) is 9.69 Å². The Balaban J connectivity index is 2.40. The molecular weight excluding hydrogens is 212 g/mol. The van der Waals surface area contributed by atoms with Gasteiger partial charge < -0.3 is 9.47 Å². The fourth-order valence-electron chi connectivity index (χ4n) is 1.53.